The Hall–Kier alpha value is -3.95. The average molecular weight is 1280 g/mol. The molecule has 0 bridgehead atoms. The Morgan fingerprint density at radius 1 is 0.449 bits per heavy atom. The molecule has 3 heterocycles. The molecule has 5 amide bonds. The fraction of sp³-hybridized carbons (Fsp3) is 0.885. The topological polar surface area (TPSA) is 420 Å². The van der Waals surface area contributed by atoms with Crippen LogP contribution in [0.15, 0.2) is 0 Å². The number of Topliss-reactive ketones (excluding diaryl/α,β-unsaturated/α-hetero) is 2. The fourth-order valence-corrected chi connectivity index (χ4v) is 10.8. The summed E-state index contributed by atoms with van der Waals surface area (Å²) in [5, 5.41) is 104. The molecule has 28 heteroatoms. The standard InChI is InChI=1S/C61H110N6O22/c1-38(2)32-43(44(73)21-13-15-26-63-49(75)22-9-6-16-29-84-59-39(3)53(78)55(80)45(35-68)87-59)67(34-51(77)65-28-19-27-64-50(76)24-10-7-17-30-85-60-40(4)54(79)56(81)46(36-69)88-60)33-42(72)20-12-14-25-62-48(74)23-11-8-18-31-86-61-52(66-41(5)71)58(83)57(82)47(37-70)89-61/h38-40,43,45-47,52-61,68-70,78-83H,6-37H2,1-5H3,(H,62,74)(H,63,75)(H,64,76)(H,65,77)(H,66,71)/t39?,40?,43?,45?,46?,47?,52?,53-,54-,55+,56+,57+,58-,59-,60-,61-/m1/s1. The average Bonchev–Trinajstić information content (AvgIpc) is 1.51. The number of carbonyl (C=O) groups is 7. The highest BCUT2D eigenvalue weighted by Crippen LogP contribution is 2.29. The Balaban J connectivity index is 1.43. The van der Waals surface area contributed by atoms with E-state index in [1.54, 1.807) is 18.7 Å². The van der Waals surface area contributed by atoms with E-state index in [2.05, 4.69) is 26.6 Å². The quantitative estimate of drug-likeness (QED) is 0.0320. The summed E-state index contributed by atoms with van der Waals surface area (Å²) in [5.41, 5.74) is 0. The van der Waals surface area contributed by atoms with Crippen molar-refractivity contribution in [1.82, 2.24) is 31.5 Å². The van der Waals surface area contributed by atoms with Gasteiger partial charge in [-0.3, -0.25) is 38.5 Å². The zero-order chi connectivity index (χ0) is 65.8. The van der Waals surface area contributed by atoms with Gasteiger partial charge in [-0.2, -0.15) is 0 Å². The minimum Gasteiger partial charge on any atom is -0.394 e. The minimum atomic E-state index is -1.42. The van der Waals surface area contributed by atoms with Gasteiger partial charge in [-0.05, 0) is 83.0 Å². The van der Waals surface area contributed by atoms with Crippen LogP contribution in [0.3, 0.4) is 0 Å². The van der Waals surface area contributed by atoms with Crippen LogP contribution >= 0.6 is 0 Å². The SMILES string of the molecule is CC(=O)NC1[C@H](OCCCCCC(=O)NCCCCC(=O)CN(CC(=O)NCCCNC(=O)CCCCCO[C@@H]2OC(CO)[C@H](O)[C@H](O)C2C)C(CC(C)C)C(=O)CCCCNC(=O)CCCCCO[C@@H]2OC(CO)[C@H](O)[C@H](O)C2C)OC(CO)[C@H](O)[C@@H]1O. The summed E-state index contributed by atoms with van der Waals surface area (Å²) < 4.78 is 34.0. The second-order valence-electron chi connectivity index (χ2n) is 24.3. The third-order valence-corrected chi connectivity index (χ3v) is 16.2. The van der Waals surface area contributed by atoms with Crippen molar-refractivity contribution in [3.05, 3.63) is 0 Å². The molecule has 0 aromatic heterocycles. The molecule has 516 valence electrons. The van der Waals surface area contributed by atoms with Crippen LogP contribution < -0.4 is 26.6 Å². The Bertz CT molecular complexity index is 2050. The van der Waals surface area contributed by atoms with Gasteiger partial charge in [0.2, 0.25) is 29.5 Å². The van der Waals surface area contributed by atoms with Gasteiger partial charge in [0.25, 0.3) is 0 Å². The van der Waals surface area contributed by atoms with Crippen molar-refractivity contribution in [2.75, 3.05) is 78.9 Å². The number of aliphatic hydroxyl groups excluding tert-OH is 9. The van der Waals surface area contributed by atoms with E-state index in [1.165, 1.54) is 6.92 Å². The minimum absolute atomic E-state index is 0.0341. The van der Waals surface area contributed by atoms with Crippen LogP contribution in [0.5, 0.6) is 0 Å². The van der Waals surface area contributed by atoms with Crippen LogP contribution in [-0.4, -0.2) is 257 Å². The lowest BCUT2D eigenvalue weighted by Crippen LogP contribution is -2.64. The Labute approximate surface area is 524 Å². The number of ketones is 2. The van der Waals surface area contributed by atoms with E-state index in [9.17, 15) is 79.5 Å². The summed E-state index contributed by atoms with van der Waals surface area (Å²) in [7, 11) is 0. The molecule has 14 N–H and O–H groups in total. The maximum absolute atomic E-state index is 14.1. The Morgan fingerprint density at radius 3 is 1.26 bits per heavy atom. The van der Waals surface area contributed by atoms with E-state index in [0.29, 0.717) is 136 Å². The molecule has 16 atom stereocenters. The number of ether oxygens (including phenoxy) is 6. The summed E-state index contributed by atoms with van der Waals surface area (Å²) >= 11 is 0. The van der Waals surface area contributed by atoms with Gasteiger partial charge in [-0.15, -0.1) is 0 Å². The molecule has 0 aliphatic carbocycles. The first kappa shape index (κ1) is 79.3. The van der Waals surface area contributed by atoms with Crippen molar-refractivity contribution < 1.29 is 108 Å². The highest BCUT2D eigenvalue weighted by atomic mass is 16.7. The molecule has 7 unspecified atom stereocenters. The number of rotatable bonds is 47. The van der Waals surface area contributed by atoms with Crippen molar-refractivity contribution in [2.24, 2.45) is 17.8 Å². The normalized spacial score (nSPS) is 27.4. The maximum atomic E-state index is 14.1. The number of hydrogen-bond donors (Lipinski definition) is 14. The largest absolute Gasteiger partial charge is 0.394 e. The molecule has 0 saturated carbocycles. The van der Waals surface area contributed by atoms with Crippen LogP contribution in [0.2, 0.25) is 0 Å². The van der Waals surface area contributed by atoms with Crippen LogP contribution in [0.1, 0.15) is 163 Å². The zero-order valence-electron chi connectivity index (χ0n) is 53.2. The summed E-state index contributed by atoms with van der Waals surface area (Å²) in [5.74, 6) is -2.56. The predicted molar refractivity (Wildman–Crippen MR) is 322 cm³/mol. The fourth-order valence-electron chi connectivity index (χ4n) is 10.8. The molecule has 89 heavy (non-hydrogen) atoms. The second kappa shape index (κ2) is 44.6. The molecule has 0 aromatic rings. The Kier molecular flexibility index (Phi) is 39.7. The molecular weight excluding hydrogens is 1170 g/mol. The van der Waals surface area contributed by atoms with Gasteiger partial charge >= 0.3 is 0 Å². The molecule has 0 aromatic carbocycles. The summed E-state index contributed by atoms with van der Waals surface area (Å²) in [6.07, 6.45) is -3.68. The van der Waals surface area contributed by atoms with Crippen LogP contribution in [0.4, 0.5) is 0 Å². The van der Waals surface area contributed by atoms with Crippen molar-refractivity contribution >= 4 is 41.1 Å². The van der Waals surface area contributed by atoms with E-state index >= 15 is 0 Å². The number of nitrogens with one attached hydrogen (secondary N) is 5. The van der Waals surface area contributed by atoms with E-state index in [0.717, 1.165) is 0 Å². The molecule has 3 fully saturated rings. The van der Waals surface area contributed by atoms with E-state index in [4.69, 9.17) is 28.4 Å². The first-order valence-corrected chi connectivity index (χ1v) is 32.4. The van der Waals surface area contributed by atoms with Gasteiger partial charge in [0.05, 0.1) is 51.2 Å². The van der Waals surface area contributed by atoms with Gasteiger partial charge in [0.1, 0.15) is 60.3 Å². The lowest BCUT2D eigenvalue weighted by Gasteiger charge is -2.42. The molecule has 0 radical (unpaired) electrons. The third-order valence-electron chi connectivity index (χ3n) is 16.2. The van der Waals surface area contributed by atoms with Crippen LogP contribution in [0, 0.1) is 17.8 Å². The van der Waals surface area contributed by atoms with Crippen LogP contribution in [-0.2, 0) is 62.0 Å². The predicted octanol–water partition coefficient (Wildman–Crippen LogP) is -1.14. The highest BCUT2D eigenvalue weighted by molar-refractivity contribution is 5.87. The van der Waals surface area contributed by atoms with Crippen LogP contribution in [0.25, 0.3) is 0 Å². The Morgan fingerprint density at radius 2 is 0.831 bits per heavy atom. The third kappa shape index (κ3) is 30.1. The summed E-state index contributed by atoms with van der Waals surface area (Å²) in [6, 6.07) is -1.79. The van der Waals surface area contributed by atoms with Gasteiger partial charge < -0.3 is 101 Å². The van der Waals surface area contributed by atoms with Crippen molar-refractivity contribution in [2.45, 2.75) is 249 Å². The summed E-state index contributed by atoms with van der Waals surface area (Å²) in [4.78, 5) is 92.4. The van der Waals surface area contributed by atoms with Crippen molar-refractivity contribution in [1.29, 1.82) is 0 Å². The van der Waals surface area contributed by atoms with Crippen molar-refractivity contribution in [3.8, 4) is 0 Å². The monoisotopic (exact) mass is 1280 g/mol. The smallest absolute Gasteiger partial charge is 0.234 e. The molecule has 3 rings (SSSR count). The van der Waals surface area contributed by atoms with Gasteiger partial charge in [-0.25, -0.2) is 0 Å². The lowest BCUT2D eigenvalue weighted by molar-refractivity contribution is -0.282. The zero-order valence-corrected chi connectivity index (χ0v) is 53.2. The number of nitrogens with zero attached hydrogens (tertiary/aromatic N) is 1. The first-order chi connectivity index (χ1) is 42.5. The van der Waals surface area contributed by atoms with Gasteiger partial charge in [0.15, 0.2) is 18.9 Å². The number of unbranched alkanes of at least 4 members (excludes halogenated alkanes) is 8. The number of amides is 5. The lowest BCUT2D eigenvalue weighted by atomic mass is 9.92. The highest BCUT2D eigenvalue weighted by Gasteiger charge is 2.46. The van der Waals surface area contributed by atoms with E-state index in [1.807, 2.05) is 13.8 Å². The van der Waals surface area contributed by atoms with Crippen molar-refractivity contribution in [3.63, 3.8) is 0 Å². The first-order valence-electron chi connectivity index (χ1n) is 32.4. The molecule has 0 spiro atoms. The number of carbonyl (C=O) groups excluding carboxylic acids is 7. The van der Waals surface area contributed by atoms with Gasteiger partial charge in [0, 0.05) is 96.9 Å². The molecule has 3 aliphatic heterocycles. The second-order valence-corrected chi connectivity index (χ2v) is 24.3. The van der Waals surface area contributed by atoms with E-state index in [-0.39, 0.29) is 93.0 Å². The number of hydrogen-bond acceptors (Lipinski definition) is 23. The van der Waals surface area contributed by atoms with E-state index < -0.39 is 123 Å². The molecular formula is C61H110N6O22. The summed E-state index contributed by atoms with van der Waals surface area (Å²) in [6.45, 7) is 8.71. The molecule has 28 nitrogen and oxygen atoms in total. The molecule has 3 saturated heterocycles. The maximum Gasteiger partial charge on any atom is 0.234 e. The van der Waals surface area contributed by atoms with Gasteiger partial charge in [-0.1, -0.05) is 47.0 Å². The number of aliphatic hydroxyl groups is 9. The molecule has 3 aliphatic rings.